The molecule has 0 atom stereocenters. The number of aryl methyl sites for hydroxylation is 2. The highest BCUT2D eigenvalue weighted by molar-refractivity contribution is 7.11. The molecule has 156 valence electrons. The maximum atomic E-state index is 12.4. The van der Waals surface area contributed by atoms with Crippen LogP contribution in [0.3, 0.4) is 0 Å². The van der Waals surface area contributed by atoms with E-state index >= 15 is 0 Å². The normalized spacial score (nSPS) is 14.8. The molecule has 6 nitrogen and oxygen atoms in total. The summed E-state index contributed by atoms with van der Waals surface area (Å²) in [4.78, 5) is 22.9. The molecule has 0 radical (unpaired) electrons. The number of carbonyl (C=O) groups excluding carboxylic acids is 1. The van der Waals surface area contributed by atoms with Crippen LogP contribution in [0.25, 0.3) is 0 Å². The van der Waals surface area contributed by atoms with E-state index in [-0.39, 0.29) is 11.8 Å². The lowest BCUT2D eigenvalue weighted by atomic mass is 10.1. The van der Waals surface area contributed by atoms with E-state index in [9.17, 15) is 4.79 Å². The summed E-state index contributed by atoms with van der Waals surface area (Å²) in [6.45, 7) is 8.16. The minimum atomic E-state index is 0.146. The van der Waals surface area contributed by atoms with Gasteiger partial charge in [0.05, 0.1) is 18.8 Å². The number of carbonyl (C=O) groups is 1. The van der Waals surface area contributed by atoms with Crippen LogP contribution in [-0.4, -0.2) is 23.4 Å². The van der Waals surface area contributed by atoms with Crippen molar-refractivity contribution in [1.29, 1.82) is 0 Å². The van der Waals surface area contributed by atoms with Crippen molar-refractivity contribution in [3.05, 3.63) is 45.4 Å². The molecular weight excluding hydrogens is 382 g/mol. The standard InChI is InChI=1S/C22H31N5OS/c1-4-23-22(25-14-20-26-15(2)16(3)29-20)24-13-17-8-7-11-19(12-17)27-21(28)18-9-5-6-10-18/h7-8,11-12,18H,4-6,9-10,13-14H2,1-3H3,(H,27,28)(H2,23,24,25). The molecule has 0 spiro atoms. The van der Waals surface area contributed by atoms with E-state index in [1.807, 2.05) is 38.1 Å². The molecule has 29 heavy (non-hydrogen) atoms. The van der Waals surface area contributed by atoms with Gasteiger partial charge < -0.3 is 16.0 Å². The predicted octanol–water partition coefficient (Wildman–Crippen LogP) is 4.14. The Morgan fingerprint density at radius 1 is 1.24 bits per heavy atom. The Morgan fingerprint density at radius 3 is 2.72 bits per heavy atom. The van der Waals surface area contributed by atoms with Crippen LogP contribution in [0.15, 0.2) is 29.3 Å². The molecule has 7 heteroatoms. The molecule has 1 amide bonds. The number of rotatable bonds is 7. The summed E-state index contributed by atoms with van der Waals surface area (Å²) in [7, 11) is 0. The lowest BCUT2D eigenvalue weighted by molar-refractivity contribution is -0.119. The summed E-state index contributed by atoms with van der Waals surface area (Å²) in [5.74, 6) is 1.07. The number of guanidine groups is 1. The number of anilines is 1. The Hall–Kier alpha value is -2.41. The highest BCUT2D eigenvalue weighted by Crippen LogP contribution is 2.26. The van der Waals surface area contributed by atoms with E-state index in [0.717, 1.165) is 60.1 Å². The summed E-state index contributed by atoms with van der Waals surface area (Å²) in [6, 6.07) is 7.95. The number of nitrogens with one attached hydrogen (secondary N) is 3. The van der Waals surface area contributed by atoms with Gasteiger partial charge in [0.1, 0.15) is 5.01 Å². The first-order valence-corrected chi connectivity index (χ1v) is 11.2. The van der Waals surface area contributed by atoms with Gasteiger partial charge in [-0.05, 0) is 51.3 Å². The van der Waals surface area contributed by atoms with Crippen LogP contribution in [0, 0.1) is 19.8 Å². The van der Waals surface area contributed by atoms with Crippen molar-refractivity contribution in [2.45, 2.75) is 59.5 Å². The van der Waals surface area contributed by atoms with Crippen LogP contribution in [0.5, 0.6) is 0 Å². The fraction of sp³-hybridized carbons (Fsp3) is 0.500. The second-order valence-electron chi connectivity index (χ2n) is 7.47. The largest absolute Gasteiger partial charge is 0.357 e. The molecule has 1 aliphatic rings. The molecular formula is C22H31N5OS. The summed E-state index contributed by atoms with van der Waals surface area (Å²) < 4.78 is 0. The van der Waals surface area contributed by atoms with Gasteiger partial charge in [-0.3, -0.25) is 4.79 Å². The first kappa shape index (κ1) is 21.3. The van der Waals surface area contributed by atoms with E-state index in [1.165, 1.54) is 4.88 Å². The Balaban J connectivity index is 1.58. The molecule has 1 heterocycles. The zero-order chi connectivity index (χ0) is 20.6. The molecule has 1 aromatic carbocycles. The van der Waals surface area contributed by atoms with E-state index < -0.39 is 0 Å². The number of aliphatic imine (C=N–C) groups is 1. The first-order valence-electron chi connectivity index (χ1n) is 10.4. The molecule has 0 unspecified atom stereocenters. The maximum absolute atomic E-state index is 12.4. The minimum Gasteiger partial charge on any atom is -0.357 e. The van der Waals surface area contributed by atoms with Crippen molar-refractivity contribution < 1.29 is 4.79 Å². The summed E-state index contributed by atoms with van der Waals surface area (Å²) in [5.41, 5.74) is 3.00. The van der Waals surface area contributed by atoms with Gasteiger partial charge in [0, 0.05) is 23.0 Å². The zero-order valence-corrected chi connectivity index (χ0v) is 18.4. The number of benzene rings is 1. The lowest BCUT2D eigenvalue weighted by Crippen LogP contribution is -2.36. The maximum Gasteiger partial charge on any atom is 0.227 e. The van der Waals surface area contributed by atoms with Crippen molar-refractivity contribution >= 4 is 28.9 Å². The van der Waals surface area contributed by atoms with Gasteiger partial charge in [0.2, 0.25) is 5.91 Å². The van der Waals surface area contributed by atoms with Gasteiger partial charge in [-0.1, -0.05) is 25.0 Å². The second-order valence-corrected chi connectivity index (χ2v) is 8.76. The topological polar surface area (TPSA) is 78.4 Å². The number of hydrogen-bond donors (Lipinski definition) is 3. The van der Waals surface area contributed by atoms with Crippen molar-refractivity contribution in [2.24, 2.45) is 10.9 Å². The Labute approximate surface area is 177 Å². The lowest BCUT2D eigenvalue weighted by Gasteiger charge is -2.12. The summed E-state index contributed by atoms with van der Waals surface area (Å²) in [6.07, 6.45) is 4.33. The SMILES string of the molecule is CCNC(=NCc1cccc(NC(=O)C2CCCC2)c1)NCc1nc(C)c(C)s1. The first-order chi connectivity index (χ1) is 14.0. The van der Waals surface area contributed by atoms with Gasteiger partial charge in [-0.25, -0.2) is 9.98 Å². The van der Waals surface area contributed by atoms with Crippen molar-refractivity contribution in [1.82, 2.24) is 15.6 Å². The quantitative estimate of drug-likeness (QED) is 0.471. The van der Waals surface area contributed by atoms with Gasteiger partial charge in [0.25, 0.3) is 0 Å². The summed E-state index contributed by atoms with van der Waals surface area (Å²) in [5, 5.41) is 10.7. The molecule has 3 N–H and O–H groups in total. The highest BCUT2D eigenvalue weighted by Gasteiger charge is 2.22. The predicted molar refractivity (Wildman–Crippen MR) is 120 cm³/mol. The number of nitrogens with zero attached hydrogens (tertiary/aromatic N) is 2. The third-order valence-corrected chi connectivity index (χ3v) is 6.24. The van der Waals surface area contributed by atoms with Gasteiger partial charge >= 0.3 is 0 Å². The number of hydrogen-bond acceptors (Lipinski definition) is 4. The average Bonchev–Trinajstić information content (AvgIpc) is 3.35. The monoisotopic (exact) mass is 413 g/mol. The van der Waals surface area contributed by atoms with Gasteiger partial charge in [-0.2, -0.15) is 0 Å². The van der Waals surface area contributed by atoms with Crippen LogP contribution in [0.4, 0.5) is 5.69 Å². The molecule has 0 saturated heterocycles. The minimum absolute atomic E-state index is 0.146. The summed E-state index contributed by atoms with van der Waals surface area (Å²) >= 11 is 1.71. The molecule has 2 aromatic rings. The number of amides is 1. The Bertz CT molecular complexity index is 835. The van der Waals surface area contributed by atoms with Gasteiger partial charge in [-0.15, -0.1) is 11.3 Å². The highest BCUT2D eigenvalue weighted by atomic mass is 32.1. The van der Waals surface area contributed by atoms with Crippen LogP contribution in [0.2, 0.25) is 0 Å². The number of thiazole rings is 1. The molecule has 1 aromatic heterocycles. The fourth-order valence-electron chi connectivity index (χ4n) is 3.47. The smallest absolute Gasteiger partial charge is 0.227 e. The molecule has 1 saturated carbocycles. The second kappa shape index (κ2) is 10.4. The molecule has 1 fully saturated rings. The Morgan fingerprint density at radius 2 is 2.03 bits per heavy atom. The van der Waals surface area contributed by atoms with Crippen molar-refractivity contribution in [2.75, 3.05) is 11.9 Å². The Kier molecular flexibility index (Phi) is 7.63. The zero-order valence-electron chi connectivity index (χ0n) is 17.5. The third-order valence-electron chi connectivity index (χ3n) is 5.16. The van der Waals surface area contributed by atoms with Crippen LogP contribution in [-0.2, 0) is 17.9 Å². The number of aromatic nitrogens is 1. The third kappa shape index (κ3) is 6.29. The average molecular weight is 414 g/mol. The van der Waals surface area contributed by atoms with E-state index in [1.54, 1.807) is 11.3 Å². The van der Waals surface area contributed by atoms with Crippen molar-refractivity contribution in [3.8, 4) is 0 Å². The molecule has 0 bridgehead atoms. The van der Waals surface area contributed by atoms with Crippen molar-refractivity contribution in [3.63, 3.8) is 0 Å². The van der Waals surface area contributed by atoms with E-state index in [0.29, 0.717) is 13.1 Å². The molecule has 0 aliphatic heterocycles. The molecule has 1 aliphatic carbocycles. The van der Waals surface area contributed by atoms with Crippen LogP contribution >= 0.6 is 11.3 Å². The van der Waals surface area contributed by atoms with E-state index in [2.05, 4.69) is 32.9 Å². The van der Waals surface area contributed by atoms with E-state index in [4.69, 9.17) is 0 Å². The van der Waals surface area contributed by atoms with Gasteiger partial charge in [0.15, 0.2) is 5.96 Å². The molecule has 3 rings (SSSR count). The fourth-order valence-corrected chi connectivity index (χ4v) is 4.34. The van der Waals surface area contributed by atoms with Crippen LogP contribution < -0.4 is 16.0 Å². The van der Waals surface area contributed by atoms with Crippen LogP contribution in [0.1, 0.15) is 53.7 Å².